The number of hydrogen-bond acceptors (Lipinski definition) is 4. The Hall–Kier alpha value is -3.57. The summed E-state index contributed by atoms with van der Waals surface area (Å²) in [4.78, 5) is 13.3. The molecule has 0 heterocycles. The van der Waals surface area contributed by atoms with Crippen LogP contribution in [0.2, 0.25) is 0 Å². The number of carbonyl (C=O) groups is 1. The Labute approximate surface area is 269 Å². The van der Waals surface area contributed by atoms with Crippen LogP contribution in [-0.2, 0) is 24.6 Å². The fourth-order valence-electron chi connectivity index (χ4n) is 7.71. The summed E-state index contributed by atoms with van der Waals surface area (Å²) in [6.07, 6.45) is 5.45. The molecule has 0 aromatic heterocycles. The van der Waals surface area contributed by atoms with Gasteiger partial charge in [-0.15, -0.1) is 6.58 Å². The maximum absolute atomic E-state index is 13.3. The van der Waals surface area contributed by atoms with E-state index in [1.54, 1.807) is 7.11 Å². The number of methoxy groups -OCH3 is 1. The smallest absolute Gasteiger partial charge is 0.159 e. The molecule has 0 amide bonds. The summed E-state index contributed by atoms with van der Waals surface area (Å²) >= 11 is 0. The normalized spacial score (nSPS) is 22.0. The molecule has 0 aliphatic heterocycles. The summed E-state index contributed by atoms with van der Waals surface area (Å²) in [6, 6.07) is 31.3. The van der Waals surface area contributed by atoms with Gasteiger partial charge in [0.25, 0.3) is 0 Å². The summed E-state index contributed by atoms with van der Waals surface area (Å²) < 4.78 is 19.1. The van der Waals surface area contributed by atoms with Gasteiger partial charge in [-0.3, -0.25) is 4.79 Å². The Morgan fingerprint density at radius 2 is 1.49 bits per heavy atom. The Morgan fingerprint density at radius 3 is 1.98 bits per heavy atom. The fourth-order valence-corrected chi connectivity index (χ4v) is 7.71. The van der Waals surface area contributed by atoms with Gasteiger partial charge < -0.3 is 14.2 Å². The topological polar surface area (TPSA) is 44.8 Å². The molecule has 3 aromatic carbocycles. The number of Topliss-reactive ketones (excluding diaryl/α,β-unsaturated/α-hetero) is 1. The van der Waals surface area contributed by atoms with Crippen LogP contribution < -0.4 is 0 Å². The van der Waals surface area contributed by atoms with Crippen molar-refractivity contribution in [2.75, 3.05) is 20.5 Å². The Morgan fingerprint density at radius 1 is 0.956 bits per heavy atom. The highest BCUT2D eigenvalue weighted by Gasteiger charge is 2.53. The zero-order valence-electron chi connectivity index (χ0n) is 27.4. The molecule has 3 aromatic rings. The van der Waals surface area contributed by atoms with E-state index in [1.807, 2.05) is 24.3 Å². The van der Waals surface area contributed by atoms with Crippen LogP contribution >= 0.6 is 0 Å². The predicted octanol–water partition coefficient (Wildman–Crippen LogP) is 9.22. The quantitative estimate of drug-likeness (QED) is 0.105. The van der Waals surface area contributed by atoms with Crippen molar-refractivity contribution in [1.29, 1.82) is 0 Å². The lowest BCUT2D eigenvalue weighted by molar-refractivity contribution is -0.115. The van der Waals surface area contributed by atoms with Crippen LogP contribution in [0.4, 0.5) is 0 Å². The number of carbonyl (C=O) groups excluding carboxylic acids is 1. The van der Waals surface area contributed by atoms with E-state index in [0.29, 0.717) is 25.4 Å². The highest BCUT2D eigenvalue weighted by Crippen LogP contribution is 2.58. The Balaban J connectivity index is 1.52. The van der Waals surface area contributed by atoms with Crippen molar-refractivity contribution in [2.24, 2.45) is 16.7 Å². The lowest BCUT2D eigenvalue weighted by atomic mass is 9.61. The summed E-state index contributed by atoms with van der Waals surface area (Å²) in [5.74, 6) is 0.648. The molecule has 2 aliphatic carbocycles. The van der Waals surface area contributed by atoms with E-state index in [9.17, 15) is 4.79 Å². The van der Waals surface area contributed by atoms with Crippen molar-refractivity contribution in [3.05, 3.63) is 144 Å². The molecule has 4 unspecified atom stereocenters. The van der Waals surface area contributed by atoms with E-state index in [2.05, 4.69) is 100 Å². The zero-order chi connectivity index (χ0) is 32.1. The van der Waals surface area contributed by atoms with Crippen LogP contribution in [0, 0.1) is 16.7 Å². The van der Waals surface area contributed by atoms with Gasteiger partial charge in [0.15, 0.2) is 5.78 Å². The molecular formula is C41H48O4. The number of ketones is 1. The average Bonchev–Trinajstić information content (AvgIpc) is 3.44. The lowest BCUT2D eigenvalue weighted by Gasteiger charge is -2.46. The van der Waals surface area contributed by atoms with Crippen LogP contribution in [-0.4, -0.2) is 32.4 Å². The van der Waals surface area contributed by atoms with Crippen LogP contribution in [0.15, 0.2) is 127 Å². The third-order valence-corrected chi connectivity index (χ3v) is 10.5. The molecule has 2 aliphatic rings. The second-order valence-electron chi connectivity index (χ2n) is 13.1. The first-order valence-electron chi connectivity index (χ1n) is 16.2. The number of fused-ring (bicyclic) bond motifs is 1. The minimum absolute atomic E-state index is 0.119. The number of benzene rings is 3. The Bertz CT molecular complexity index is 1410. The first-order valence-corrected chi connectivity index (χ1v) is 16.2. The molecule has 0 saturated heterocycles. The van der Waals surface area contributed by atoms with E-state index in [-0.39, 0.29) is 18.0 Å². The highest BCUT2D eigenvalue weighted by atomic mass is 16.7. The molecule has 4 heteroatoms. The van der Waals surface area contributed by atoms with Crippen LogP contribution in [0.3, 0.4) is 0 Å². The first kappa shape index (κ1) is 32.8. The summed E-state index contributed by atoms with van der Waals surface area (Å²) in [5, 5.41) is 0. The second-order valence-corrected chi connectivity index (χ2v) is 13.1. The maximum Gasteiger partial charge on any atom is 0.159 e. The molecule has 0 bridgehead atoms. The monoisotopic (exact) mass is 604 g/mol. The lowest BCUT2D eigenvalue weighted by Crippen LogP contribution is -2.43. The van der Waals surface area contributed by atoms with Gasteiger partial charge in [-0.1, -0.05) is 123 Å². The van der Waals surface area contributed by atoms with E-state index in [1.165, 1.54) is 5.57 Å². The van der Waals surface area contributed by atoms with E-state index in [0.717, 1.165) is 47.1 Å². The first-order chi connectivity index (χ1) is 21.7. The molecule has 4 nitrogen and oxygen atoms in total. The van der Waals surface area contributed by atoms with Crippen LogP contribution in [0.5, 0.6) is 0 Å². The molecule has 45 heavy (non-hydrogen) atoms. The molecule has 236 valence electrons. The maximum atomic E-state index is 13.3. The molecule has 5 rings (SSSR count). The van der Waals surface area contributed by atoms with Gasteiger partial charge in [0.05, 0.1) is 6.10 Å². The fraction of sp³-hybridized carbons (Fsp3) is 0.390. The largest absolute Gasteiger partial charge is 0.361 e. The molecular weight excluding hydrogens is 556 g/mol. The summed E-state index contributed by atoms with van der Waals surface area (Å²) in [7, 11) is 1.64. The van der Waals surface area contributed by atoms with Crippen molar-refractivity contribution < 1.29 is 19.0 Å². The van der Waals surface area contributed by atoms with Gasteiger partial charge in [0.1, 0.15) is 12.4 Å². The molecule has 1 fully saturated rings. The number of ether oxygens (including phenoxy) is 3. The third kappa shape index (κ3) is 6.04. The van der Waals surface area contributed by atoms with Crippen LogP contribution in [0.1, 0.15) is 69.6 Å². The highest BCUT2D eigenvalue weighted by molar-refractivity contribution is 6.01. The zero-order valence-corrected chi connectivity index (χ0v) is 27.4. The number of hydrogen-bond donors (Lipinski definition) is 0. The molecule has 4 atom stereocenters. The van der Waals surface area contributed by atoms with Crippen LogP contribution in [0.25, 0.3) is 0 Å². The van der Waals surface area contributed by atoms with E-state index < -0.39 is 17.1 Å². The Kier molecular flexibility index (Phi) is 10.1. The molecule has 0 radical (unpaired) electrons. The third-order valence-electron chi connectivity index (χ3n) is 10.5. The molecule has 1 saturated carbocycles. The SMILES string of the molecule is C=CC(C)(CCOC(c1ccccc1)(c1ccccc1)c1ccccc1)C(OCOC)C(=C)C12CCC(=O)C1=C(C)C(C)CC2. The van der Waals surface area contributed by atoms with Crippen molar-refractivity contribution in [3.8, 4) is 0 Å². The minimum atomic E-state index is -0.825. The second kappa shape index (κ2) is 13.8. The average molecular weight is 605 g/mol. The van der Waals surface area contributed by atoms with Gasteiger partial charge in [0.2, 0.25) is 0 Å². The van der Waals surface area contributed by atoms with Crippen molar-refractivity contribution >= 4 is 5.78 Å². The molecule has 0 N–H and O–H groups in total. The van der Waals surface area contributed by atoms with Crippen molar-refractivity contribution in [3.63, 3.8) is 0 Å². The van der Waals surface area contributed by atoms with E-state index in [4.69, 9.17) is 20.8 Å². The predicted molar refractivity (Wildman–Crippen MR) is 182 cm³/mol. The molecule has 0 spiro atoms. The van der Waals surface area contributed by atoms with Crippen molar-refractivity contribution in [2.45, 2.75) is 64.6 Å². The van der Waals surface area contributed by atoms with Gasteiger partial charge in [-0.05, 0) is 60.8 Å². The van der Waals surface area contributed by atoms with Gasteiger partial charge in [-0.2, -0.15) is 0 Å². The van der Waals surface area contributed by atoms with Gasteiger partial charge in [-0.25, -0.2) is 0 Å². The van der Waals surface area contributed by atoms with E-state index >= 15 is 0 Å². The van der Waals surface area contributed by atoms with Gasteiger partial charge >= 0.3 is 0 Å². The van der Waals surface area contributed by atoms with Crippen molar-refractivity contribution in [1.82, 2.24) is 0 Å². The summed E-state index contributed by atoms with van der Waals surface area (Å²) in [6.45, 7) is 16.1. The standard InChI is InChI=1S/C41H48O4/c1-7-39(5,38(44-29-43-6)32(4)40-25-23-30(2)31(3)37(40)36(42)24-26-40)27-28-45-41(33-17-11-8-12-18-33,34-19-13-9-14-20-34)35-21-15-10-16-22-35/h7-22,30,38H,1,4,23-29H2,2-3,5-6H3. The van der Waals surface area contributed by atoms with Gasteiger partial charge in [0, 0.05) is 36.5 Å². The summed E-state index contributed by atoms with van der Waals surface area (Å²) in [5.41, 5.74) is 4.54. The number of rotatable bonds is 14. The minimum Gasteiger partial charge on any atom is -0.361 e. The number of allylic oxidation sites excluding steroid dienone is 2.